The third-order valence-corrected chi connectivity index (χ3v) is 2.79. The van der Waals surface area contributed by atoms with Crippen molar-refractivity contribution in [2.24, 2.45) is 0 Å². The Kier molecular flexibility index (Phi) is 4.75. The van der Waals surface area contributed by atoms with Gasteiger partial charge in [0.15, 0.2) is 0 Å². The predicted octanol–water partition coefficient (Wildman–Crippen LogP) is 1.78. The lowest BCUT2D eigenvalue weighted by molar-refractivity contribution is 0.0591. The number of aromatic nitrogens is 1. The summed E-state index contributed by atoms with van der Waals surface area (Å²) < 4.78 is 19.1. The molecule has 2 rings (SSSR count). The maximum absolute atomic E-state index is 11.9. The highest BCUT2D eigenvalue weighted by atomic mass is 16.6. The maximum atomic E-state index is 11.9. The Labute approximate surface area is 130 Å². The zero-order valence-corrected chi connectivity index (χ0v) is 12.6. The number of rotatable bonds is 4. The molecule has 0 fully saturated rings. The van der Waals surface area contributed by atoms with Gasteiger partial charge in [-0.15, -0.1) is 0 Å². The van der Waals surface area contributed by atoms with E-state index in [9.17, 15) is 14.4 Å². The van der Waals surface area contributed by atoms with Crippen molar-refractivity contribution >= 4 is 17.9 Å². The van der Waals surface area contributed by atoms with E-state index in [1.54, 1.807) is 6.92 Å². The van der Waals surface area contributed by atoms with Gasteiger partial charge in [-0.3, -0.25) is 0 Å². The van der Waals surface area contributed by atoms with Crippen molar-refractivity contribution in [3.8, 4) is 5.75 Å². The number of ether oxygens (including phenoxy) is 3. The fourth-order valence-electron chi connectivity index (χ4n) is 1.75. The minimum atomic E-state index is -0.816. The Morgan fingerprint density at radius 1 is 0.913 bits per heavy atom. The summed E-state index contributed by atoms with van der Waals surface area (Å²) in [7, 11) is 2.38. The van der Waals surface area contributed by atoms with Gasteiger partial charge in [-0.2, -0.15) is 0 Å². The number of benzene rings is 1. The molecule has 120 valence electrons. The number of carbonyl (C=O) groups is 3. The lowest BCUT2D eigenvalue weighted by atomic mass is 10.1. The van der Waals surface area contributed by atoms with Gasteiger partial charge in [0.05, 0.1) is 31.0 Å². The first kappa shape index (κ1) is 16.2. The molecule has 0 amide bonds. The van der Waals surface area contributed by atoms with E-state index in [2.05, 4.69) is 14.6 Å². The Hall–Kier alpha value is -3.16. The summed E-state index contributed by atoms with van der Waals surface area (Å²) in [6, 6.07) is 5.19. The molecule has 0 aliphatic rings. The Bertz CT molecular complexity index is 729. The summed E-state index contributed by atoms with van der Waals surface area (Å²) in [5.74, 6) is -2.34. The fraction of sp³-hybridized carbons (Fsp3) is 0.200. The van der Waals surface area contributed by atoms with Gasteiger partial charge in [-0.05, 0) is 25.1 Å². The molecular weight excluding hydrogens is 306 g/mol. The SMILES string of the molecule is COC(=O)c1cc(OC(=O)c2cc(C)no2)cc(C(=O)OC)c1. The van der Waals surface area contributed by atoms with E-state index in [1.165, 1.54) is 38.5 Å². The van der Waals surface area contributed by atoms with Crippen molar-refractivity contribution in [2.75, 3.05) is 14.2 Å². The molecule has 0 N–H and O–H groups in total. The van der Waals surface area contributed by atoms with E-state index in [1.807, 2.05) is 0 Å². The molecule has 23 heavy (non-hydrogen) atoms. The van der Waals surface area contributed by atoms with Gasteiger partial charge in [0.25, 0.3) is 0 Å². The van der Waals surface area contributed by atoms with Crippen LogP contribution in [0.25, 0.3) is 0 Å². The summed E-state index contributed by atoms with van der Waals surface area (Å²) >= 11 is 0. The molecular formula is C15H13NO7. The van der Waals surface area contributed by atoms with Crippen molar-refractivity contribution < 1.29 is 33.1 Å². The maximum Gasteiger partial charge on any atom is 0.382 e. The zero-order valence-electron chi connectivity index (χ0n) is 12.6. The van der Waals surface area contributed by atoms with Crippen LogP contribution < -0.4 is 4.74 Å². The molecule has 8 nitrogen and oxygen atoms in total. The van der Waals surface area contributed by atoms with Crippen molar-refractivity contribution in [3.63, 3.8) is 0 Å². The second-order valence-electron chi connectivity index (χ2n) is 4.45. The summed E-state index contributed by atoms with van der Waals surface area (Å²) in [4.78, 5) is 35.2. The molecule has 8 heteroatoms. The molecule has 2 aromatic rings. The number of carbonyl (C=O) groups excluding carboxylic acids is 3. The summed E-state index contributed by atoms with van der Waals surface area (Å²) in [6.07, 6.45) is 0. The van der Waals surface area contributed by atoms with Gasteiger partial charge in [0.1, 0.15) is 5.75 Å². The van der Waals surface area contributed by atoms with Gasteiger partial charge < -0.3 is 18.7 Å². The minimum absolute atomic E-state index is 0.0342. The van der Waals surface area contributed by atoms with E-state index in [4.69, 9.17) is 9.26 Å². The second-order valence-corrected chi connectivity index (χ2v) is 4.45. The average molecular weight is 319 g/mol. The normalized spacial score (nSPS) is 10.0. The quantitative estimate of drug-likeness (QED) is 0.620. The molecule has 0 unspecified atom stereocenters. The van der Waals surface area contributed by atoms with Crippen LogP contribution in [0.15, 0.2) is 28.8 Å². The molecule has 1 heterocycles. The molecule has 1 aromatic carbocycles. The largest absolute Gasteiger partial charge is 0.465 e. The molecule has 0 saturated heterocycles. The molecule has 0 spiro atoms. The van der Waals surface area contributed by atoms with Crippen molar-refractivity contribution in [1.82, 2.24) is 5.16 Å². The van der Waals surface area contributed by atoms with Gasteiger partial charge >= 0.3 is 17.9 Å². The first-order valence-electron chi connectivity index (χ1n) is 6.42. The summed E-state index contributed by atoms with van der Waals surface area (Å²) in [6.45, 7) is 1.65. The average Bonchev–Trinajstić information content (AvgIpc) is 2.99. The van der Waals surface area contributed by atoms with Gasteiger partial charge in [-0.1, -0.05) is 5.16 Å². The van der Waals surface area contributed by atoms with Crippen LogP contribution in [-0.2, 0) is 9.47 Å². The third-order valence-electron chi connectivity index (χ3n) is 2.79. The van der Waals surface area contributed by atoms with Crippen LogP contribution in [0.5, 0.6) is 5.75 Å². The van der Waals surface area contributed by atoms with Crippen molar-refractivity contribution in [2.45, 2.75) is 6.92 Å². The van der Waals surface area contributed by atoms with Crippen LogP contribution >= 0.6 is 0 Å². The monoisotopic (exact) mass is 319 g/mol. The molecule has 0 bridgehead atoms. The second kappa shape index (κ2) is 6.73. The first-order valence-corrected chi connectivity index (χ1v) is 6.42. The fourth-order valence-corrected chi connectivity index (χ4v) is 1.75. The first-order chi connectivity index (χ1) is 10.9. The number of hydrogen-bond donors (Lipinski definition) is 0. The van der Waals surface area contributed by atoms with Crippen LogP contribution in [0.4, 0.5) is 0 Å². The smallest absolute Gasteiger partial charge is 0.382 e. The summed E-state index contributed by atoms with van der Waals surface area (Å²) in [5, 5.41) is 3.57. The zero-order chi connectivity index (χ0) is 17.0. The van der Waals surface area contributed by atoms with E-state index in [0.717, 1.165) is 0 Å². The van der Waals surface area contributed by atoms with Crippen LogP contribution in [0.2, 0.25) is 0 Å². The topological polar surface area (TPSA) is 105 Å². The lowest BCUT2D eigenvalue weighted by Crippen LogP contribution is -2.11. The number of aryl methyl sites for hydroxylation is 1. The molecule has 0 aliphatic carbocycles. The molecule has 0 saturated carbocycles. The van der Waals surface area contributed by atoms with Crippen molar-refractivity contribution in [3.05, 3.63) is 46.8 Å². The third kappa shape index (κ3) is 3.73. The van der Waals surface area contributed by atoms with Crippen LogP contribution in [-0.4, -0.2) is 37.3 Å². The Morgan fingerprint density at radius 2 is 1.48 bits per heavy atom. The van der Waals surface area contributed by atoms with E-state index in [-0.39, 0.29) is 22.6 Å². The van der Waals surface area contributed by atoms with Crippen LogP contribution in [0.3, 0.4) is 0 Å². The summed E-state index contributed by atoms with van der Waals surface area (Å²) in [5.41, 5.74) is 0.578. The highest BCUT2D eigenvalue weighted by Gasteiger charge is 2.18. The van der Waals surface area contributed by atoms with Gasteiger partial charge in [-0.25, -0.2) is 14.4 Å². The van der Waals surface area contributed by atoms with E-state index in [0.29, 0.717) is 5.69 Å². The standard InChI is InChI=1S/C15H13NO7/c1-8-4-12(23-16-8)15(19)22-11-6-9(13(17)20-2)5-10(7-11)14(18)21-3/h4-7H,1-3H3. The van der Waals surface area contributed by atoms with Gasteiger partial charge in [0.2, 0.25) is 5.76 Å². The highest BCUT2D eigenvalue weighted by molar-refractivity contribution is 5.96. The predicted molar refractivity (Wildman–Crippen MR) is 75.3 cm³/mol. The Morgan fingerprint density at radius 3 is 1.91 bits per heavy atom. The number of nitrogens with zero attached hydrogens (tertiary/aromatic N) is 1. The van der Waals surface area contributed by atoms with Crippen molar-refractivity contribution in [1.29, 1.82) is 0 Å². The van der Waals surface area contributed by atoms with Gasteiger partial charge in [0, 0.05) is 6.07 Å². The molecule has 0 aliphatic heterocycles. The minimum Gasteiger partial charge on any atom is -0.465 e. The van der Waals surface area contributed by atoms with E-state index >= 15 is 0 Å². The molecule has 1 aromatic heterocycles. The Balaban J connectivity index is 2.34. The van der Waals surface area contributed by atoms with E-state index < -0.39 is 17.9 Å². The molecule has 0 atom stereocenters. The number of hydrogen-bond acceptors (Lipinski definition) is 8. The van der Waals surface area contributed by atoms with Crippen LogP contribution in [0.1, 0.15) is 37.0 Å². The highest BCUT2D eigenvalue weighted by Crippen LogP contribution is 2.20. The molecule has 0 radical (unpaired) electrons. The number of esters is 3. The lowest BCUT2D eigenvalue weighted by Gasteiger charge is -2.07. The van der Waals surface area contributed by atoms with Crippen LogP contribution in [0, 0.1) is 6.92 Å². The number of methoxy groups -OCH3 is 2.